The van der Waals surface area contributed by atoms with Crippen molar-refractivity contribution >= 4 is 28.0 Å². The lowest BCUT2D eigenvalue weighted by Crippen LogP contribution is -2.31. The first-order chi connectivity index (χ1) is 12.6. The minimum absolute atomic E-state index is 0.367. The summed E-state index contributed by atoms with van der Waals surface area (Å²) in [6, 6.07) is 5.94. The summed E-state index contributed by atoms with van der Waals surface area (Å²) in [4.78, 5) is 22.8. The Morgan fingerprint density at radius 2 is 2.15 bits per heavy atom. The van der Waals surface area contributed by atoms with Crippen molar-refractivity contribution in [3.8, 4) is 11.1 Å². The molecule has 3 heterocycles. The Morgan fingerprint density at radius 1 is 1.31 bits per heavy atom. The van der Waals surface area contributed by atoms with Gasteiger partial charge in [-0.25, -0.2) is 14.8 Å². The van der Waals surface area contributed by atoms with E-state index in [1.165, 1.54) is 6.33 Å². The highest BCUT2D eigenvalue weighted by atomic mass is 16.4. The van der Waals surface area contributed by atoms with Crippen molar-refractivity contribution in [3.63, 3.8) is 0 Å². The monoisotopic (exact) mass is 350 g/mol. The molecule has 8 nitrogen and oxygen atoms in total. The van der Waals surface area contributed by atoms with Crippen LogP contribution in [-0.2, 0) is 0 Å². The minimum atomic E-state index is -0.468. The summed E-state index contributed by atoms with van der Waals surface area (Å²) < 4.78 is 7.26. The van der Waals surface area contributed by atoms with E-state index in [1.807, 2.05) is 12.1 Å². The third kappa shape index (κ3) is 2.15. The zero-order chi connectivity index (χ0) is 17.8. The molecule has 1 fully saturated rings. The second-order valence-corrected chi connectivity index (χ2v) is 6.86. The highest BCUT2D eigenvalue weighted by Crippen LogP contribution is 2.42. The van der Waals surface area contributed by atoms with Gasteiger partial charge in [-0.1, -0.05) is 6.07 Å². The average molecular weight is 350 g/mol. The van der Waals surface area contributed by atoms with E-state index in [0.29, 0.717) is 35.4 Å². The fourth-order valence-corrected chi connectivity index (χ4v) is 3.85. The molecule has 5 N–H and O–H groups in total. The molecule has 1 saturated carbocycles. The number of hydrogen-bond acceptors (Lipinski definition) is 6. The maximum atomic E-state index is 11.4. The fourth-order valence-electron chi connectivity index (χ4n) is 3.85. The van der Waals surface area contributed by atoms with Gasteiger partial charge in [-0.05, 0) is 43.0 Å². The fraction of sp³-hybridized carbons (Fsp3) is 0.278. The van der Waals surface area contributed by atoms with Crippen molar-refractivity contribution < 1.29 is 4.42 Å². The Balaban J connectivity index is 1.70. The van der Waals surface area contributed by atoms with Crippen LogP contribution < -0.4 is 17.2 Å². The van der Waals surface area contributed by atoms with Gasteiger partial charge in [0.25, 0.3) is 0 Å². The molecule has 0 atom stereocenters. The minimum Gasteiger partial charge on any atom is -0.408 e. The van der Waals surface area contributed by atoms with E-state index >= 15 is 0 Å². The summed E-state index contributed by atoms with van der Waals surface area (Å²) >= 11 is 0. The number of anilines is 1. The summed E-state index contributed by atoms with van der Waals surface area (Å²) in [5, 5.41) is 0.828. The molecular weight excluding hydrogens is 332 g/mol. The topological polar surface area (TPSA) is 129 Å². The molecule has 0 saturated heterocycles. The van der Waals surface area contributed by atoms with E-state index in [-0.39, 0.29) is 0 Å². The van der Waals surface area contributed by atoms with Gasteiger partial charge in [0, 0.05) is 17.8 Å². The lowest BCUT2D eigenvalue weighted by Gasteiger charge is -2.35. The number of nitrogens with one attached hydrogen (secondary N) is 1. The first kappa shape index (κ1) is 15.2. The van der Waals surface area contributed by atoms with Crippen LogP contribution in [0.25, 0.3) is 33.3 Å². The number of nitrogens with zero attached hydrogens (tertiary/aromatic N) is 3. The summed E-state index contributed by atoms with van der Waals surface area (Å²) in [7, 11) is 0. The van der Waals surface area contributed by atoms with E-state index in [0.717, 1.165) is 35.0 Å². The van der Waals surface area contributed by atoms with E-state index in [9.17, 15) is 4.79 Å². The second kappa shape index (κ2) is 5.43. The molecule has 3 aromatic heterocycles. The molecule has 0 aliphatic heterocycles. The number of fused-ring (bicyclic) bond motifs is 2. The van der Waals surface area contributed by atoms with Crippen LogP contribution in [-0.4, -0.2) is 26.1 Å². The SMILES string of the molecule is NCC1CC(n2cc(-c3ccc4oc(=O)[nH]c4c3)c3c(N)ncnc32)C1. The van der Waals surface area contributed by atoms with Gasteiger partial charge in [-0.2, -0.15) is 0 Å². The lowest BCUT2D eigenvalue weighted by molar-refractivity contribution is 0.209. The van der Waals surface area contributed by atoms with Gasteiger partial charge in [0.1, 0.15) is 17.8 Å². The number of nitrogens with two attached hydrogens (primary N) is 2. The van der Waals surface area contributed by atoms with Crippen molar-refractivity contribution in [3.05, 3.63) is 41.3 Å². The molecule has 132 valence electrons. The van der Waals surface area contributed by atoms with Crippen molar-refractivity contribution in [2.45, 2.75) is 18.9 Å². The zero-order valence-electron chi connectivity index (χ0n) is 14.0. The Bertz CT molecular complexity index is 1180. The number of oxazole rings is 1. The predicted molar refractivity (Wildman–Crippen MR) is 98.6 cm³/mol. The Morgan fingerprint density at radius 3 is 2.96 bits per heavy atom. The van der Waals surface area contributed by atoms with Gasteiger partial charge < -0.3 is 20.5 Å². The lowest BCUT2D eigenvalue weighted by atomic mass is 9.80. The predicted octanol–water partition coefficient (Wildman–Crippen LogP) is 2.02. The molecule has 26 heavy (non-hydrogen) atoms. The first-order valence-electron chi connectivity index (χ1n) is 8.58. The van der Waals surface area contributed by atoms with E-state index in [1.54, 1.807) is 6.07 Å². The zero-order valence-corrected chi connectivity index (χ0v) is 14.0. The van der Waals surface area contributed by atoms with Crippen LogP contribution in [0.2, 0.25) is 0 Å². The van der Waals surface area contributed by atoms with Gasteiger partial charge in [0.15, 0.2) is 5.58 Å². The summed E-state index contributed by atoms with van der Waals surface area (Å²) in [5.41, 5.74) is 15.8. The molecule has 0 amide bonds. The highest BCUT2D eigenvalue weighted by molar-refractivity contribution is 6.01. The third-order valence-electron chi connectivity index (χ3n) is 5.31. The summed E-state index contributed by atoms with van der Waals surface area (Å²) in [5.74, 6) is 0.538. The van der Waals surface area contributed by atoms with Crippen LogP contribution in [0, 0.1) is 5.92 Å². The van der Waals surface area contributed by atoms with Crippen LogP contribution in [0.1, 0.15) is 18.9 Å². The number of rotatable bonds is 3. The van der Waals surface area contributed by atoms with Gasteiger partial charge in [-0.15, -0.1) is 0 Å². The molecule has 0 spiro atoms. The molecule has 0 bridgehead atoms. The van der Waals surface area contributed by atoms with Crippen LogP contribution >= 0.6 is 0 Å². The molecule has 1 aromatic carbocycles. The largest absolute Gasteiger partial charge is 0.417 e. The van der Waals surface area contributed by atoms with E-state index < -0.39 is 5.76 Å². The third-order valence-corrected chi connectivity index (χ3v) is 5.31. The van der Waals surface area contributed by atoms with Crippen LogP contribution in [0.15, 0.2) is 39.9 Å². The van der Waals surface area contributed by atoms with E-state index in [4.69, 9.17) is 15.9 Å². The Kier molecular flexibility index (Phi) is 3.17. The van der Waals surface area contributed by atoms with Crippen LogP contribution in [0.5, 0.6) is 0 Å². The molecule has 5 rings (SSSR count). The van der Waals surface area contributed by atoms with Crippen LogP contribution in [0.4, 0.5) is 5.82 Å². The summed E-state index contributed by atoms with van der Waals surface area (Å²) in [6.07, 6.45) is 5.65. The standard InChI is InChI=1S/C18H18N6O2/c19-6-9-3-11(4-9)24-7-12(15-16(20)21-8-22-17(15)24)10-1-2-14-13(5-10)23-18(25)26-14/h1-2,5,7-9,11H,3-4,6,19H2,(H,23,25)(H2,20,21,22). The number of H-pyrrole nitrogens is 1. The van der Waals surface area contributed by atoms with Gasteiger partial charge in [0.2, 0.25) is 0 Å². The number of aromatic nitrogens is 4. The second-order valence-electron chi connectivity index (χ2n) is 6.86. The number of benzene rings is 1. The number of hydrogen-bond donors (Lipinski definition) is 3. The molecule has 0 unspecified atom stereocenters. The molecular formula is C18H18N6O2. The molecule has 1 aliphatic rings. The van der Waals surface area contributed by atoms with Crippen LogP contribution in [0.3, 0.4) is 0 Å². The van der Waals surface area contributed by atoms with E-state index in [2.05, 4.69) is 25.7 Å². The van der Waals surface area contributed by atoms with Crippen molar-refractivity contribution in [1.82, 2.24) is 19.5 Å². The first-order valence-corrected chi connectivity index (χ1v) is 8.58. The van der Waals surface area contributed by atoms with Crippen molar-refractivity contribution in [2.75, 3.05) is 12.3 Å². The smallest absolute Gasteiger partial charge is 0.408 e. The molecule has 8 heteroatoms. The van der Waals surface area contributed by atoms with Gasteiger partial charge in [-0.3, -0.25) is 4.98 Å². The van der Waals surface area contributed by atoms with Crippen molar-refractivity contribution in [2.24, 2.45) is 11.7 Å². The quantitative estimate of drug-likeness (QED) is 0.518. The maximum absolute atomic E-state index is 11.4. The molecule has 4 aromatic rings. The normalized spacial score (nSPS) is 19.9. The average Bonchev–Trinajstić information content (AvgIpc) is 3.14. The highest BCUT2D eigenvalue weighted by Gasteiger charge is 2.31. The molecule has 0 radical (unpaired) electrons. The maximum Gasteiger partial charge on any atom is 0.417 e. The summed E-state index contributed by atoms with van der Waals surface area (Å²) in [6.45, 7) is 0.713. The van der Waals surface area contributed by atoms with Crippen molar-refractivity contribution in [1.29, 1.82) is 0 Å². The Hall–Kier alpha value is -3.13. The van der Waals surface area contributed by atoms with Gasteiger partial charge >= 0.3 is 5.76 Å². The Labute approximate surface area is 147 Å². The number of nitrogen functional groups attached to an aromatic ring is 1. The van der Waals surface area contributed by atoms with Gasteiger partial charge in [0.05, 0.1) is 10.9 Å². The number of aromatic amines is 1. The molecule has 1 aliphatic carbocycles.